The highest BCUT2D eigenvalue weighted by atomic mass is 32.2. The van der Waals surface area contributed by atoms with E-state index >= 15 is 0 Å². The van der Waals surface area contributed by atoms with Gasteiger partial charge in [0.2, 0.25) is 5.91 Å². The van der Waals surface area contributed by atoms with Crippen LogP contribution in [0, 0.1) is 5.92 Å². The molecule has 0 radical (unpaired) electrons. The van der Waals surface area contributed by atoms with Gasteiger partial charge < -0.3 is 10.2 Å². The molecule has 2 aromatic heterocycles. The first kappa shape index (κ1) is 19.5. The Morgan fingerprint density at radius 1 is 1.21 bits per heavy atom. The Labute approximate surface area is 170 Å². The standard InChI is InChI=1S/C20H30N6OS/c1-14(2)28-20-23-17(25-10-5-6-11-25)16-13-22-26(18(16)24-20)12-9-21-19(27)15-7-3-4-8-15/h13-15H,3-12H2,1-2H3,(H,21,27). The number of fused-ring (bicyclic) bond motifs is 1. The molecule has 0 bridgehead atoms. The lowest BCUT2D eigenvalue weighted by Crippen LogP contribution is -2.32. The maximum atomic E-state index is 12.3. The molecule has 1 amide bonds. The van der Waals surface area contributed by atoms with Crippen molar-refractivity contribution in [2.45, 2.75) is 69.3 Å². The molecule has 0 aromatic carbocycles. The summed E-state index contributed by atoms with van der Waals surface area (Å²) < 4.78 is 1.91. The van der Waals surface area contributed by atoms with E-state index in [-0.39, 0.29) is 11.8 Å². The topological polar surface area (TPSA) is 75.9 Å². The molecular formula is C20H30N6OS. The normalized spacial score (nSPS) is 17.9. The maximum Gasteiger partial charge on any atom is 0.223 e. The van der Waals surface area contributed by atoms with E-state index in [2.05, 4.69) is 29.2 Å². The number of nitrogens with zero attached hydrogens (tertiary/aromatic N) is 5. The number of carbonyl (C=O) groups excluding carboxylic acids is 1. The van der Waals surface area contributed by atoms with Crippen molar-refractivity contribution >= 4 is 34.5 Å². The third-order valence-corrected chi connectivity index (χ3v) is 6.42. The summed E-state index contributed by atoms with van der Waals surface area (Å²) in [6.07, 6.45) is 8.70. The van der Waals surface area contributed by atoms with Crippen LogP contribution in [0.1, 0.15) is 52.4 Å². The molecule has 1 aliphatic carbocycles. The third-order valence-electron chi connectivity index (χ3n) is 5.55. The fourth-order valence-electron chi connectivity index (χ4n) is 4.14. The van der Waals surface area contributed by atoms with Crippen LogP contribution in [0.2, 0.25) is 0 Å². The molecule has 7 nitrogen and oxygen atoms in total. The van der Waals surface area contributed by atoms with Crippen molar-refractivity contribution in [2.75, 3.05) is 24.5 Å². The first-order chi connectivity index (χ1) is 13.6. The monoisotopic (exact) mass is 402 g/mol. The van der Waals surface area contributed by atoms with Gasteiger partial charge in [0.25, 0.3) is 0 Å². The fraction of sp³-hybridized carbons (Fsp3) is 0.700. The van der Waals surface area contributed by atoms with Gasteiger partial charge in [-0.2, -0.15) is 5.10 Å². The molecule has 0 atom stereocenters. The van der Waals surface area contributed by atoms with Crippen LogP contribution in [0.5, 0.6) is 0 Å². The second-order valence-electron chi connectivity index (χ2n) is 8.07. The largest absolute Gasteiger partial charge is 0.356 e. The third kappa shape index (κ3) is 4.26. The van der Waals surface area contributed by atoms with Gasteiger partial charge in [-0.15, -0.1) is 0 Å². The van der Waals surface area contributed by atoms with E-state index in [1.54, 1.807) is 11.8 Å². The van der Waals surface area contributed by atoms with E-state index in [9.17, 15) is 4.79 Å². The highest BCUT2D eigenvalue weighted by Crippen LogP contribution is 2.30. The lowest BCUT2D eigenvalue weighted by molar-refractivity contribution is -0.124. The summed E-state index contributed by atoms with van der Waals surface area (Å²) in [5.41, 5.74) is 0.871. The van der Waals surface area contributed by atoms with Gasteiger partial charge in [-0.05, 0) is 25.7 Å². The number of hydrogen-bond acceptors (Lipinski definition) is 6. The minimum absolute atomic E-state index is 0.192. The van der Waals surface area contributed by atoms with Crippen molar-refractivity contribution in [3.05, 3.63) is 6.20 Å². The Kier molecular flexibility index (Phi) is 6.04. The van der Waals surface area contributed by atoms with Crippen LogP contribution in [-0.2, 0) is 11.3 Å². The van der Waals surface area contributed by atoms with E-state index in [0.717, 1.165) is 47.9 Å². The Morgan fingerprint density at radius 2 is 1.96 bits per heavy atom. The summed E-state index contributed by atoms with van der Waals surface area (Å²) in [4.78, 5) is 24.3. The highest BCUT2D eigenvalue weighted by molar-refractivity contribution is 7.99. The van der Waals surface area contributed by atoms with Gasteiger partial charge in [-0.3, -0.25) is 4.79 Å². The van der Waals surface area contributed by atoms with E-state index in [0.29, 0.717) is 18.3 Å². The van der Waals surface area contributed by atoms with Gasteiger partial charge in [-0.25, -0.2) is 14.6 Å². The minimum Gasteiger partial charge on any atom is -0.356 e. The van der Waals surface area contributed by atoms with Gasteiger partial charge in [-0.1, -0.05) is 38.5 Å². The van der Waals surface area contributed by atoms with Crippen LogP contribution in [0.25, 0.3) is 11.0 Å². The zero-order chi connectivity index (χ0) is 19.5. The van der Waals surface area contributed by atoms with Gasteiger partial charge in [0.15, 0.2) is 10.8 Å². The van der Waals surface area contributed by atoms with Crippen molar-refractivity contribution in [3.8, 4) is 0 Å². The number of nitrogens with one attached hydrogen (secondary N) is 1. The van der Waals surface area contributed by atoms with Crippen molar-refractivity contribution < 1.29 is 4.79 Å². The molecule has 2 aliphatic rings. The van der Waals surface area contributed by atoms with Crippen LogP contribution < -0.4 is 10.2 Å². The molecular weight excluding hydrogens is 372 g/mol. The maximum absolute atomic E-state index is 12.3. The minimum atomic E-state index is 0.192. The Balaban J connectivity index is 1.53. The summed E-state index contributed by atoms with van der Waals surface area (Å²) in [5, 5.41) is 9.89. The number of aromatic nitrogens is 4. The summed E-state index contributed by atoms with van der Waals surface area (Å²) in [7, 11) is 0. The van der Waals surface area contributed by atoms with Crippen molar-refractivity contribution in [1.29, 1.82) is 0 Å². The zero-order valence-electron chi connectivity index (χ0n) is 16.9. The molecule has 1 saturated carbocycles. The van der Waals surface area contributed by atoms with E-state index in [1.165, 1.54) is 25.7 Å². The number of thioether (sulfide) groups is 1. The first-order valence-electron chi connectivity index (χ1n) is 10.5. The Hall–Kier alpha value is -1.83. The van der Waals surface area contributed by atoms with E-state index in [1.807, 2.05) is 10.9 Å². The molecule has 0 unspecified atom stereocenters. The molecule has 4 rings (SSSR count). The second kappa shape index (κ2) is 8.68. The smallest absolute Gasteiger partial charge is 0.223 e. The lowest BCUT2D eigenvalue weighted by atomic mass is 10.1. The zero-order valence-corrected chi connectivity index (χ0v) is 17.7. The Bertz CT molecular complexity index is 823. The van der Waals surface area contributed by atoms with Crippen molar-refractivity contribution in [2.24, 2.45) is 5.92 Å². The molecule has 1 N–H and O–H groups in total. The second-order valence-corrected chi connectivity index (χ2v) is 9.61. The van der Waals surface area contributed by atoms with Gasteiger partial charge in [0.1, 0.15) is 5.82 Å². The van der Waals surface area contributed by atoms with E-state index in [4.69, 9.17) is 9.97 Å². The Morgan fingerprint density at radius 3 is 2.68 bits per heavy atom. The molecule has 8 heteroatoms. The van der Waals surface area contributed by atoms with Crippen LogP contribution in [-0.4, -0.2) is 50.5 Å². The van der Waals surface area contributed by atoms with Crippen LogP contribution in [0.3, 0.4) is 0 Å². The predicted molar refractivity (Wildman–Crippen MR) is 113 cm³/mol. The van der Waals surface area contributed by atoms with Crippen LogP contribution in [0.15, 0.2) is 11.4 Å². The average Bonchev–Trinajstić information content (AvgIpc) is 3.42. The molecule has 2 fully saturated rings. The molecule has 152 valence electrons. The number of anilines is 1. The highest BCUT2D eigenvalue weighted by Gasteiger charge is 2.23. The molecule has 28 heavy (non-hydrogen) atoms. The first-order valence-corrected chi connectivity index (χ1v) is 11.4. The van der Waals surface area contributed by atoms with Crippen LogP contribution >= 0.6 is 11.8 Å². The number of rotatable bonds is 7. The van der Waals surface area contributed by atoms with E-state index < -0.39 is 0 Å². The molecule has 2 aromatic rings. The van der Waals surface area contributed by atoms with Crippen molar-refractivity contribution in [1.82, 2.24) is 25.1 Å². The SMILES string of the molecule is CC(C)Sc1nc(N2CCCC2)c2cnn(CCNC(=O)C3CCCC3)c2n1. The lowest BCUT2D eigenvalue weighted by Gasteiger charge is -2.18. The van der Waals surface area contributed by atoms with Crippen molar-refractivity contribution in [3.63, 3.8) is 0 Å². The summed E-state index contributed by atoms with van der Waals surface area (Å²) in [6, 6.07) is 0. The molecule has 1 saturated heterocycles. The quantitative estimate of drug-likeness (QED) is 0.566. The average molecular weight is 403 g/mol. The van der Waals surface area contributed by atoms with Crippen LogP contribution in [0.4, 0.5) is 5.82 Å². The van der Waals surface area contributed by atoms with Gasteiger partial charge in [0, 0.05) is 30.8 Å². The molecule has 1 aliphatic heterocycles. The number of hydrogen-bond donors (Lipinski definition) is 1. The van der Waals surface area contributed by atoms with Gasteiger partial charge >= 0.3 is 0 Å². The summed E-state index contributed by atoms with van der Waals surface area (Å²) in [6.45, 7) is 7.61. The summed E-state index contributed by atoms with van der Waals surface area (Å²) >= 11 is 1.68. The number of carbonyl (C=O) groups is 1. The molecule has 0 spiro atoms. The van der Waals surface area contributed by atoms with Gasteiger partial charge in [0.05, 0.1) is 18.1 Å². The predicted octanol–water partition coefficient (Wildman–Crippen LogP) is 3.23. The molecule has 3 heterocycles. The summed E-state index contributed by atoms with van der Waals surface area (Å²) in [5.74, 6) is 1.40. The number of amides is 1. The fourth-order valence-corrected chi connectivity index (χ4v) is 4.84.